The van der Waals surface area contributed by atoms with Crippen molar-refractivity contribution in [1.82, 2.24) is 14.9 Å². The summed E-state index contributed by atoms with van der Waals surface area (Å²) in [7, 11) is 3.08. The van der Waals surface area contributed by atoms with Crippen LogP contribution in [0.5, 0.6) is 17.6 Å². The summed E-state index contributed by atoms with van der Waals surface area (Å²) in [5.74, 6) is 1.88. The maximum absolute atomic E-state index is 11.6. The third-order valence-electron chi connectivity index (χ3n) is 6.24. The van der Waals surface area contributed by atoms with Crippen molar-refractivity contribution in [2.24, 2.45) is 11.8 Å². The molecular weight excluding hydrogens is 370 g/mol. The number of benzene rings is 1. The predicted molar refractivity (Wildman–Crippen MR) is 108 cm³/mol. The maximum atomic E-state index is 11.6. The second-order valence-corrected chi connectivity index (χ2v) is 7.88. The molecule has 2 fully saturated rings. The van der Waals surface area contributed by atoms with Crippen molar-refractivity contribution in [3.8, 4) is 17.6 Å². The SMILES string of the molecule is CCOc1ccc(CN2C[C@@H]3CC[C@@](O)(c4cnc(OC)nc4OC)[C@@H]3C2)cc1. The van der Waals surface area contributed by atoms with E-state index in [9.17, 15) is 5.11 Å². The van der Waals surface area contributed by atoms with E-state index in [0.717, 1.165) is 31.8 Å². The van der Waals surface area contributed by atoms with Gasteiger partial charge < -0.3 is 19.3 Å². The summed E-state index contributed by atoms with van der Waals surface area (Å²) in [5, 5.41) is 11.6. The highest BCUT2D eigenvalue weighted by Crippen LogP contribution is 2.52. The van der Waals surface area contributed by atoms with E-state index in [-0.39, 0.29) is 11.9 Å². The summed E-state index contributed by atoms with van der Waals surface area (Å²) in [5.41, 5.74) is 0.939. The van der Waals surface area contributed by atoms with Crippen molar-refractivity contribution >= 4 is 0 Å². The molecule has 1 aliphatic heterocycles. The van der Waals surface area contributed by atoms with Crippen LogP contribution in [-0.2, 0) is 12.1 Å². The summed E-state index contributed by atoms with van der Waals surface area (Å²) in [6, 6.07) is 8.52. The van der Waals surface area contributed by atoms with Crippen molar-refractivity contribution in [3.63, 3.8) is 0 Å². The van der Waals surface area contributed by atoms with Crippen molar-refractivity contribution in [2.75, 3.05) is 33.9 Å². The van der Waals surface area contributed by atoms with Crippen molar-refractivity contribution in [2.45, 2.75) is 31.9 Å². The number of aromatic nitrogens is 2. The first-order valence-electron chi connectivity index (χ1n) is 10.2. The number of hydrogen-bond donors (Lipinski definition) is 1. The van der Waals surface area contributed by atoms with Gasteiger partial charge in [-0.1, -0.05) is 12.1 Å². The van der Waals surface area contributed by atoms with E-state index < -0.39 is 5.60 Å². The minimum Gasteiger partial charge on any atom is -0.494 e. The summed E-state index contributed by atoms with van der Waals surface area (Å²) in [6.07, 6.45) is 3.34. The van der Waals surface area contributed by atoms with Crippen LogP contribution in [-0.4, -0.2) is 53.9 Å². The van der Waals surface area contributed by atoms with E-state index in [1.807, 2.05) is 19.1 Å². The molecule has 7 nitrogen and oxygen atoms in total. The Morgan fingerprint density at radius 3 is 2.66 bits per heavy atom. The molecule has 29 heavy (non-hydrogen) atoms. The molecule has 2 heterocycles. The first kappa shape index (κ1) is 19.9. The van der Waals surface area contributed by atoms with Gasteiger partial charge in [0.1, 0.15) is 11.4 Å². The predicted octanol–water partition coefficient (Wildman–Crippen LogP) is 2.62. The van der Waals surface area contributed by atoms with Gasteiger partial charge in [0.25, 0.3) is 0 Å². The minimum atomic E-state index is -0.976. The molecule has 7 heteroatoms. The fourth-order valence-electron chi connectivity index (χ4n) is 4.87. The molecule has 2 aliphatic rings. The molecule has 1 aliphatic carbocycles. The topological polar surface area (TPSA) is 76.9 Å². The summed E-state index contributed by atoms with van der Waals surface area (Å²) < 4.78 is 16.1. The van der Waals surface area contributed by atoms with Gasteiger partial charge in [0.05, 0.1) is 26.4 Å². The van der Waals surface area contributed by atoms with E-state index in [1.165, 1.54) is 12.7 Å². The van der Waals surface area contributed by atoms with Gasteiger partial charge in [-0.05, 0) is 43.4 Å². The van der Waals surface area contributed by atoms with Gasteiger partial charge in [-0.2, -0.15) is 4.98 Å². The van der Waals surface area contributed by atoms with Crippen LogP contribution in [0.3, 0.4) is 0 Å². The van der Waals surface area contributed by atoms with Crippen LogP contribution in [0.4, 0.5) is 0 Å². The lowest BCUT2D eigenvalue weighted by molar-refractivity contribution is -0.00972. The quantitative estimate of drug-likeness (QED) is 0.767. The molecule has 0 bridgehead atoms. The van der Waals surface area contributed by atoms with Crippen molar-refractivity contribution in [3.05, 3.63) is 41.6 Å². The average Bonchev–Trinajstić information content (AvgIpc) is 3.29. The first-order chi connectivity index (χ1) is 14.1. The van der Waals surface area contributed by atoms with Gasteiger partial charge in [0.2, 0.25) is 5.88 Å². The Kier molecular flexibility index (Phi) is 5.61. The number of rotatable bonds is 7. The maximum Gasteiger partial charge on any atom is 0.319 e. The molecular formula is C22H29N3O4. The van der Waals surface area contributed by atoms with Gasteiger partial charge in [-0.3, -0.25) is 4.90 Å². The van der Waals surface area contributed by atoms with E-state index in [4.69, 9.17) is 14.2 Å². The largest absolute Gasteiger partial charge is 0.494 e. The van der Waals surface area contributed by atoms with Crippen LogP contribution in [0.25, 0.3) is 0 Å². The van der Waals surface area contributed by atoms with Crippen molar-refractivity contribution in [1.29, 1.82) is 0 Å². The van der Waals surface area contributed by atoms with Gasteiger partial charge in [-0.15, -0.1) is 0 Å². The second kappa shape index (κ2) is 8.16. The highest BCUT2D eigenvalue weighted by Gasteiger charge is 2.53. The van der Waals surface area contributed by atoms with Crippen LogP contribution < -0.4 is 14.2 Å². The van der Waals surface area contributed by atoms with E-state index in [0.29, 0.717) is 30.4 Å². The van der Waals surface area contributed by atoms with E-state index >= 15 is 0 Å². The molecule has 1 saturated carbocycles. The minimum absolute atomic E-state index is 0.135. The molecule has 0 spiro atoms. The molecule has 1 N–H and O–H groups in total. The van der Waals surface area contributed by atoms with Crippen LogP contribution in [0.1, 0.15) is 30.9 Å². The monoisotopic (exact) mass is 399 g/mol. The molecule has 3 atom stereocenters. The third kappa shape index (κ3) is 3.76. The highest BCUT2D eigenvalue weighted by atomic mass is 16.5. The first-order valence-corrected chi connectivity index (χ1v) is 10.2. The molecule has 2 aromatic rings. The molecule has 0 unspecified atom stereocenters. The number of aliphatic hydroxyl groups is 1. The number of likely N-dealkylation sites (tertiary alicyclic amines) is 1. The smallest absolute Gasteiger partial charge is 0.319 e. The zero-order valence-corrected chi connectivity index (χ0v) is 17.3. The van der Waals surface area contributed by atoms with Crippen LogP contribution in [0, 0.1) is 11.8 Å². The van der Waals surface area contributed by atoms with Crippen LogP contribution in [0.15, 0.2) is 30.5 Å². The molecule has 0 amide bonds. The lowest BCUT2D eigenvalue weighted by Gasteiger charge is -2.31. The zero-order valence-electron chi connectivity index (χ0n) is 17.3. The van der Waals surface area contributed by atoms with E-state index in [1.54, 1.807) is 13.3 Å². The summed E-state index contributed by atoms with van der Waals surface area (Å²) in [4.78, 5) is 10.9. The lowest BCUT2D eigenvalue weighted by atomic mass is 9.83. The Hall–Kier alpha value is -2.38. The molecule has 1 aromatic heterocycles. The molecule has 4 rings (SSSR count). The number of nitrogens with zero attached hydrogens (tertiary/aromatic N) is 3. The van der Waals surface area contributed by atoms with E-state index in [2.05, 4.69) is 27.0 Å². The summed E-state index contributed by atoms with van der Waals surface area (Å²) >= 11 is 0. The van der Waals surface area contributed by atoms with Crippen LogP contribution in [0.2, 0.25) is 0 Å². The Morgan fingerprint density at radius 2 is 1.97 bits per heavy atom. The summed E-state index contributed by atoms with van der Waals surface area (Å²) in [6.45, 7) is 5.35. The van der Waals surface area contributed by atoms with Crippen molar-refractivity contribution < 1.29 is 19.3 Å². The standard InChI is InChI=1S/C22H29N3O4/c1-4-29-17-7-5-15(6-8-17)12-25-13-16-9-10-22(26,19(16)14-25)18-11-23-21(28-3)24-20(18)27-2/h5-8,11,16,19,26H,4,9-10,12-14H2,1-3H3/t16-,19+,22+/m0/s1. The average molecular weight is 399 g/mol. The number of fused-ring (bicyclic) bond motifs is 1. The molecule has 1 saturated heterocycles. The second-order valence-electron chi connectivity index (χ2n) is 7.88. The van der Waals surface area contributed by atoms with Gasteiger partial charge in [0.15, 0.2) is 0 Å². The number of methoxy groups -OCH3 is 2. The third-order valence-corrected chi connectivity index (χ3v) is 6.24. The van der Waals surface area contributed by atoms with Gasteiger partial charge >= 0.3 is 6.01 Å². The molecule has 0 radical (unpaired) electrons. The molecule has 156 valence electrons. The number of hydrogen-bond acceptors (Lipinski definition) is 7. The molecule has 1 aromatic carbocycles. The Balaban J connectivity index is 1.49. The van der Waals surface area contributed by atoms with Gasteiger partial charge in [0, 0.05) is 31.7 Å². The highest BCUT2D eigenvalue weighted by molar-refractivity contribution is 5.34. The fraction of sp³-hybridized carbons (Fsp3) is 0.545. The fourth-order valence-corrected chi connectivity index (χ4v) is 4.87. The normalized spacial score (nSPS) is 26.3. The Morgan fingerprint density at radius 1 is 1.17 bits per heavy atom. The van der Waals surface area contributed by atoms with Crippen LogP contribution >= 0.6 is 0 Å². The Bertz CT molecular complexity index is 844. The lowest BCUT2D eigenvalue weighted by Crippen LogP contribution is -2.35. The zero-order chi connectivity index (χ0) is 20.4. The van der Waals surface area contributed by atoms with Gasteiger partial charge in [-0.25, -0.2) is 4.98 Å². The Labute approximate surface area is 171 Å². The number of ether oxygens (including phenoxy) is 3.